The first-order valence-corrected chi connectivity index (χ1v) is 8.56. The Labute approximate surface area is 160 Å². The van der Waals surface area contributed by atoms with Crippen LogP contribution in [0, 0.1) is 10.1 Å². The number of nitro benzene ring substituents is 1. The van der Waals surface area contributed by atoms with Crippen LogP contribution in [0.3, 0.4) is 0 Å². The van der Waals surface area contributed by atoms with Crippen LogP contribution in [-0.4, -0.2) is 37.7 Å². The zero-order valence-electron chi connectivity index (χ0n) is 14.5. The molecule has 1 aliphatic heterocycles. The highest BCUT2D eigenvalue weighted by Crippen LogP contribution is 2.38. The normalized spacial score (nSPS) is 12.4. The maximum absolute atomic E-state index is 12.3. The first kappa shape index (κ1) is 18.8. The average Bonchev–Trinajstić information content (AvgIpc) is 2.67. The van der Waals surface area contributed by atoms with E-state index in [2.05, 4.69) is 5.32 Å². The van der Waals surface area contributed by atoms with Crippen molar-refractivity contribution in [3.8, 4) is 17.2 Å². The van der Waals surface area contributed by atoms with Gasteiger partial charge in [0.1, 0.15) is 13.2 Å². The number of nitrogens with zero attached hydrogens (tertiary/aromatic N) is 1. The van der Waals surface area contributed by atoms with Crippen molar-refractivity contribution in [3.63, 3.8) is 0 Å². The summed E-state index contributed by atoms with van der Waals surface area (Å²) in [5, 5.41) is 14.3. The SMILES string of the molecule is COc1ccc(C(=O)NCCc2cc(Cl)c3c(c2)OCCO3)cc1[N+](=O)[O-]. The number of benzene rings is 2. The van der Waals surface area contributed by atoms with Gasteiger partial charge in [-0.25, -0.2) is 0 Å². The first-order valence-electron chi connectivity index (χ1n) is 8.18. The minimum Gasteiger partial charge on any atom is -0.490 e. The van der Waals surface area contributed by atoms with Crippen LogP contribution in [0.25, 0.3) is 0 Å². The van der Waals surface area contributed by atoms with Crippen molar-refractivity contribution in [2.75, 3.05) is 26.9 Å². The fourth-order valence-corrected chi connectivity index (χ4v) is 2.99. The lowest BCUT2D eigenvalue weighted by molar-refractivity contribution is -0.385. The van der Waals surface area contributed by atoms with Gasteiger partial charge < -0.3 is 19.5 Å². The van der Waals surface area contributed by atoms with Crippen molar-refractivity contribution in [1.82, 2.24) is 5.32 Å². The second-order valence-corrected chi connectivity index (χ2v) is 6.16. The van der Waals surface area contributed by atoms with E-state index in [-0.39, 0.29) is 17.0 Å². The molecule has 3 rings (SSSR count). The van der Waals surface area contributed by atoms with Crippen molar-refractivity contribution >= 4 is 23.2 Å². The molecular formula is C18H17ClN2O6. The maximum atomic E-state index is 12.3. The number of hydrogen-bond donors (Lipinski definition) is 1. The highest BCUT2D eigenvalue weighted by atomic mass is 35.5. The molecule has 0 spiro atoms. The van der Waals surface area contributed by atoms with Gasteiger partial charge in [0.2, 0.25) is 0 Å². The van der Waals surface area contributed by atoms with E-state index in [4.69, 9.17) is 25.8 Å². The molecule has 2 aromatic carbocycles. The lowest BCUT2D eigenvalue weighted by Crippen LogP contribution is -2.25. The van der Waals surface area contributed by atoms with Gasteiger partial charge in [-0.15, -0.1) is 0 Å². The Hall–Kier alpha value is -3.00. The molecule has 0 fully saturated rings. The fraction of sp³-hybridized carbons (Fsp3) is 0.278. The molecule has 0 atom stereocenters. The maximum Gasteiger partial charge on any atom is 0.311 e. The first-order chi connectivity index (χ1) is 13.0. The van der Waals surface area contributed by atoms with Gasteiger partial charge in [0.15, 0.2) is 17.2 Å². The third-order valence-electron chi connectivity index (χ3n) is 3.99. The average molecular weight is 393 g/mol. The van der Waals surface area contributed by atoms with E-state index in [1.54, 1.807) is 6.07 Å². The quantitative estimate of drug-likeness (QED) is 0.599. The monoisotopic (exact) mass is 392 g/mol. The summed E-state index contributed by atoms with van der Waals surface area (Å²) in [6.07, 6.45) is 0.514. The van der Waals surface area contributed by atoms with Crippen LogP contribution in [0.2, 0.25) is 5.02 Å². The number of hydrogen-bond acceptors (Lipinski definition) is 6. The Kier molecular flexibility index (Phi) is 5.66. The van der Waals surface area contributed by atoms with Crippen molar-refractivity contribution in [3.05, 3.63) is 56.6 Å². The highest BCUT2D eigenvalue weighted by molar-refractivity contribution is 6.32. The molecule has 2 aromatic rings. The Balaban J connectivity index is 1.64. The fourth-order valence-electron chi connectivity index (χ4n) is 2.70. The predicted molar refractivity (Wildman–Crippen MR) is 98.1 cm³/mol. The molecule has 0 bridgehead atoms. The predicted octanol–water partition coefficient (Wildman–Crippen LogP) is 3.00. The van der Waals surface area contributed by atoms with Crippen LogP contribution in [0.4, 0.5) is 5.69 Å². The summed E-state index contributed by atoms with van der Waals surface area (Å²) >= 11 is 6.19. The van der Waals surface area contributed by atoms with Gasteiger partial charge in [0.05, 0.1) is 17.1 Å². The van der Waals surface area contributed by atoms with E-state index in [9.17, 15) is 14.9 Å². The third-order valence-corrected chi connectivity index (χ3v) is 4.27. The topological polar surface area (TPSA) is 99.9 Å². The molecule has 1 N–H and O–H groups in total. The second kappa shape index (κ2) is 8.13. The number of ether oxygens (including phenoxy) is 3. The number of nitrogens with one attached hydrogen (secondary N) is 1. The molecule has 1 amide bonds. The summed E-state index contributed by atoms with van der Waals surface area (Å²) in [6, 6.07) is 7.65. The molecule has 0 saturated carbocycles. The smallest absolute Gasteiger partial charge is 0.311 e. The van der Waals surface area contributed by atoms with Gasteiger partial charge in [-0.05, 0) is 36.2 Å². The lowest BCUT2D eigenvalue weighted by atomic mass is 10.1. The number of carbonyl (C=O) groups excluding carboxylic acids is 1. The number of amides is 1. The molecule has 0 aromatic heterocycles. The van der Waals surface area contributed by atoms with Gasteiger partial charge in [-0.1, -0.05) is 11.6 Å². The molecule has 0 saturated heterocycles. The third kappa shape index (κ3) is 4.22. The lowest BCUT2D eigenvalue weighted by Gasteiger charge is -2.20. The van der Waals surface area contributed by atoms with Crippen LogP contribution in [-0.2, 0) is 6.42 Å². The second-order valence-electron chi connectivity index (χ2n) is 5.75. The number of methoxy groups -OCH3 is 1. The molecule has 0 aliphatic carbocycles. The van der Waals surface area contributed by atoms with Gasteiger partial charge in [-0.2, -0.15) is 0 Å². The summed E-state index contributed by atoms with van der Waals surface area (Å²) in [7, 11) is 1.33. The van der Waals surface area contributed by atoms with E-state index >= 15 is 0 Å². The Morgan fingerprint density at radius 2 is 2.07 bits per heavy atom. The molecule has 0 radical (unpaired) electrons. The summed E-state index contributed by atoms with van der Waals surface area (Å²) in [5.74, 6) is 0.800. The summed E-state index contributed by atoms with van der Waals surface area (Å²) in [6.45, 7) is 1.24. The zero-order chi connectivity index (χ0) is 19.4. The van der Waals surface area contributed by atoms with Crippen LogP contribution in [0.15, 0.2) is 30.3 Å². The van der Waals surface area contributed by atoms with Gasteiger partial charge in [0, 0.05) is 18.2 Å². The Morgan fingerprint density at radius 3 is 2.81 bits per heavy atom. The minimum absolute atomic E-state index is 0.0995. The summed E-state index contributed by atoms with van der Waals surface area (Å²) < 4.78 is 15.9. The summed E-state index contributed by atoms with van der Waals surface area (Å²) in [4.78, 5) is 22.7. The number of halogens is 1. The number of rotatable bonds is 6. The highest BCUT2D eigenvalue weighted by Gasteiger charge is 2.19. The molecular weight excluding hydrogens is 376 g/mol. The van der Waals surface area contributed by atoms with Gasteiger partial charge in [0.25, 0.3) is 5.91 Å². The molecule has 0 unspecified atom stereocenters. The Morgan fingerprint density at radius 1 is 1.30 bits per heavy atom. The van der Waals surface area contributed by atoms with Crippen molar-refractivity contribution in [2.24, 2.45) is 0 Å². The molecule has 1 heterocycles. The summed E-state index contributed by atoms with van der Waals surface area (Å²) in [5.41, 5.74) is 0.803. The minimum atomic E-state index is -0.590. The molecule has 1 aliphatic rings. The molecule has 9 heteroatoms. The number of fused-ring (bicyclic) bond motifs is 1. The standard InChI is InChI=1S/C18H17ClN2O6/c1-25-15-3-2-12(10-14(15)21(23)24)18(22)20-5-4-11-8-13(19)17-16(9-11)26-6-7-27-17/h2-3,8-10H,4-7H2,1H3,(H,20,22). The number of carbonyl (C=O) groups is 1. The molecule has 142 valence electrons. The van der Waals surface area contributed by atoms with Crippen LogP contribution in [0.5, 0.6) is 17.2 Å². The van der Waals surface area contributed by atoms with E-state index in [0.29, 0.717) is 42.7 Å². The van der Waals surface area contributed by atoms with Crippen molar-refractivity contribution < 1.29 is 23.9 Å². The largest absolute Gasteiger partial charge is 0.490 e. The number of nitro groups is 1. The van der Waals surface area contributed by atoms with Crippen molar-refractivity contribution in [1.29, 1.82) is 0 Å². The van der Waals surface area contributed by atoms with E-state index in [1.165, 1.54) is 25.3 Å². The zero-order valence-corrected chi connectivity index (χ0v) is 15.2. The van der Waals surface area contributed by atoms with Crippen LogP contribution >= 0.6 is 11.6 Å². The molecule has 8 nitrogen and oxygen atoms in total. The van der Waals surface area contributed by atoms with Gasteiger partial charge >= 0.3 is 5.69 Å². The van der Waals surface area contributed by atoms with Crippen molar-refractivity contribution in [2.45, 2.75) is 6.42 Å². The Bertz CT molecular complexity index is 886. The van der Waals surface area contributed by atoms with E-state index < -0.39 is 10.8 Å². The molecule has 27 heavy (non-hydrogen) atoms. The van der Waals surface area contributed by atoms with Gasteiger partial charge in [-0.3, -0.25) is 14.9 Å². The van der Waals surface area contributed by atoms with Crippen LogP contribution in [0.1, 0.15) is 15.9 Å². The van der Waals surface area contributed by atoms with E-state index in [0.717, 1.165) is 5.56 Å². The van der Waals surface area contributed by atoms with E-state index in [1.807, 2.05) is 6.07 Å². The van der Waals surface area contributed by atoms with Crippen LogP contribution < -0.4 is 19.5 Å².